The Hall–Kier alpha value is -0.750. The van der Waals surface area contributed by atoms with E-state index in [-0.39, 0.29) is 18.5 Å². The van der Waals surface area contributed by atoms with Crippen LogP contribution in [0.1, 0.15) is 32.6 Å². The molecule has 1 saturated heterocycles. The van der Waals surface area contributed by atoms with Gasteiger partial charge in [0, 0.05) is 24.1 Å². The van der Waals surface area contributed by atoms with Gasteiger partial charge >= 0.3 is 5.97 Å². The van der Waals surface area contributed by atoms with Crippen LogP contribution < -0.4 is 5.32 Å². The van der Waals surface area contributed by atoms with Gasteiger partial charge in [-0.1, -0.05) is 19.8 Å². The van der Waals surface area contributed by atoms with Gasteiger partial charge in [0.1, 0.15) is 6.04 Å². The molecule has 2 fully saturated rings. The second kappa shape index (κ2) is 7.31. The molecular formula is C14H24N2O3S. The van der Waals surface area contributed by atoms with Gasteiger partial charge in [-0.3, -0.25) is 14.5 Å². The third-order valence-corrected chi connectivity index (χ3v) is 5.35. The third-order valence-electron chi connectivity index (χ3n) is 4.33. The molecule has 0 aromatic heterocycles. The molecule has 0 aromatic carbocycles. The van der Waals surface area contributed by atoms with Gasteiger partial charge in [-0.2, -0.15) is 11.8 Å². The van der Waals surface area contributed by atoms with Crippen molar-refractivity contribution in [3.63, 3.8) is 0 Å². The molecule has 2 rings (SSSR count). The molecule has 0 bridgehead atoms. The largest absolute Gasteiger partial charge is 0.480 e. The number of thioether (sulfide) groups is 1. The number of carbonyl (C=O) groups is 2. The van der Waals surface area contributed by atoms with Gasteiger partial charge in [-0.25, -0.2) is 0 Å². The Bertz CT molecular complexity index is 364. The summed E-state index contributed by atoms with van der Waals surface area (Å²) in [7, 11) is 0. The van der Waals surface area contributed by atoms with E-state index in [4.69, 9.17) is 0 Å². The molecule has 6 heteroatoms. The molecule has 0 aromatic rings. The van der Waals surface area contributed by atoms with Crippen LogP contribution in [0.25, 0.3) is 0 Å². The fourth-order valence-electron chi connectivity index (χ4n) is 3.02. The SMILES string of the molecule is CC1CCCCC1NC(=O)CN1CCSCC1C(=O)O. The van der Waals surface area contributed by atoms with Crippen molar-refractivity contribution in [3.05, 3.63) is 0 Å². The predicted molar refractivity (Wildman–Crippen MR) is 79.9 cm³/mol. The van der Waals surface area contributed by atoms with Crippen LogP contribution in [-0.4, -0.2) is 58.6 Å². The number of amides is 1. The molecule has 114 valence electrons. The number of nitrogens with zero attached hydrogens (tertiary/aromatic N) is 1. The molecule has 1 amide bonds. The van der Waals surface area contributed by atoms with Crippen molar-refractivity contribution in [1.82, 2.24) is 10.2 Å². The lowest BCUT2D eigenvalue weighted by Gasteiger charge is -2.34. The first-order valence-corrected chi connectivity index (χ1v) is 8.57. The Morgan fingerprint density at radius 3 is 2.80 bits per heavy atom. The maximum atomic E-state index is 12.1. The minimum atomic E-state index is -0.823. The highest BCUT2D eigenvalue weighted by molar-refractivity contribution is 7.99. The molecule has 0 spiro atoms. The maximum absolute atomic E-state index is 12.1. The maximum Gasteiger partial charge on any atom is 0.321 e. The number of carboxylic acid groups (broad SMARTS) is 1. The Kier molecular flexibility index (Phi) is 5.72. The molecule has 1 aliphatic carbocycles. The van der Waals surface area contributed by atoms with Crippen LogP contribution >= 0.6 is 11.8 Å². The second-order valence-electron chi connectivity index (χ2n) is 5.84. The summed E-state index contributed by atoms with van der Waals surface area (Å²) in [6, 6.07) is -0.262. The summed E-state index contributed by atoms with van der Waals surface area (Å²) >= 11 is 1.64. The molecular weight excluding hydrogens is 276 g/mol. The first-order valence-electron chi connectivity index (χ1n) is 7.42. The molecule has 5 nitrogen and oxygen atoms in total. The molecule has 0 radical (unpaired) electrons. The van der Waals surface area contributed by atoms with E-state index in [1.165, 1.54) is 19.3 Å². The van der Waals surface area contributed by atoms with Gasteiger partial charge < -0.3 is 10.4 Å². The van der Waals surface area contributed by atoms with Crippen LogP contribution in [0.3, 0.4) is 0 Å². The van der Waals surface area contributed by atoms with Gasteiger partial charge in [0.2, 0.25) is 5.91 Å². The van der Waals surface area contributed by atoms with Crippen LogP contribution in [0.2, 0.25) is 0 Å². The number of hydrogen-bond donors (Lipinski definition) is 2. The van der Waals surface area contributed by atoms with Crippen molar-refractivity contribution in [2.45, 2.75) is 44.7 Å². The van der Waals surface area contributed by atoms with Crippen molar-refractivity contribution in [2.75, 3.05) is 24.6 Å². The number of hydrogen-bond acceptors (Lipinski definition) is 4. The van der Waals surface area contributed by atoms with E-state index < -0.39 is 12.0 Å². The highest BCUT2D eigenvalue weighted by Crippen LogP contribution is 2.23. The smallest absolute Gasteiger partial charge is 0.321 e. The highest BCUT2D eigenvalue weighted by Gasteiger charge is 2.31. The quantitative estimate of drug-likeness (QED) is 0.816. The lowest BCUT2D eigenvalue weighted by Crippen LogP contribution is -2.52. The van der Waals surface area contributed by atoms with Crippen LogP contribution in [0, 0.1) is 5.92 Å². The summed E-state index contributed by atoms with van der Waals surface area (Å²) in [5, 5.41) is 12.3. The predicted octanol–water partition coefficient (Wildman–Crippen LogP) is 1.18. The van der Waals surface area contributed by atoms with Gasteiger partial charge in [0.25, 0.3) is 0 Å². The molecule has 1 aliphatic heterocycles. The summed E-state index contributed by atoms with van der Waals surface area (Å²) in [6.45, 7) is 3.07. The summed E-state index contributed by atoms with van der Waals surface area (Å²) in [6.07, 6.45) is 4.64. The topological polar surface area (TPSA) is 69.6 Å². The fourth-order valence-corrected chi connectivity index (χ4v) is 4.13. The zero-order chi connectivity index (χ0) is 14.5. The Morgan fingerprint density at radius 1 is 1.35 bits per heavy atom. The summed E-state index contributed by atoms with van der Waals surface area (Å²) in [4.78, 5) is 25.1. The van der Waals surface area contributed by atoms with Crippen molar-refractivity contribution >= 4 is 23.6 Å². The van der Waals surface area contributed by atoms with Crippen LogP contribution in [0.5, 0.6) is 0 Å². The Labute approximate surface area is 124 Å². The Morgan fingerprint density at radius 2 is 2.10 bits per heavy atom. The molecule has 20 heavy (non-hydrogen) atoms. The summed E-state index contributed by atoms with van der Waals surface area (Å²) < 4.78 is 0. The number of carbonyl (C=O) groups excluding carboxylic acids is 1. The van der Waals surface area contributed by atoms with E-state index in [0.29, 0.717) is 18.2 Å². The van der Waals surface area contributed by atoms with Crippen molar-refractivity contribution in [3.8, 4) is 0 Å². The number of aliphatic carboxylic acids is 1. The zero-order valence-electron chi connectivity index (χ0n) is 12.0. The van der Waals surface area contributed by atoms with E-state index >= 15 is 0 Å². The second-order valence-corrected chi connectivity index (χ2v) is 6.99. The monoisotopic (exact) mass is 300 g/mol. The average molecular weight is 300 g/mol. The number of rotatable bonds is 4. The van der Waals surface area contributed by atoms with Gasteiger partial charge in [-0.15, -0.1) is 0 Å². The van der Waals surface area contributed by atoms with Crippen LogP contribution in [0.15, 0.2) is 0 Å². The van der Waals surface area contributed by atoms with Gasteiger partial charge in [0.15, 0.2) is 0 Å². The molecule has 2 N–H and O–H groups in total. The fraction of sp³-hybridized carbons (Fsp3) is 0.857. The number of carboxylic acids is 1. The normalized spacial score (nSPS) is 31.8. The van der Waals surface area contributed by atoms with Crippen molar-refractivity contribution in [1.29, 1.82) is 0 Å². The van der Waals surface area contributed by atoms with Gasteiger partial charge in [-0.05, 0) is 18.8 Å². The van der Waals surface area contributed by atoms with E-state index in [9.17, 15) is 14.7 Å². The molecule has 1 saturated carbocycles. The minimum Gasteiger partial charge on any atom is -0.480 e. The first kappa shape index (κ1) is 15.6. The summed E-state index contributed by atoms with van der Waals surface area (Å²) in [5.41, 5.74) is 0. The lowest BCUT2D eigenvalue weighted by atomic mass is 9.86. The Balaban J connectivity index is 1.84. The third kappa shape index (κ3) is 4.12. The highest BCUT2D eigenvalue weighted by atomic mass is 32.2. The number of nitrogens with one attached hydrogen (secondary N) is 1. The standard InChI is InChI=1S/C14H24N2O3S/c1-10-4-2-3-5-11(10)15-13(17)8-16-6-7-20-9-12(16)14(18)19/h10-12H,2-9H2,1H3,(H,15,17)(H,18,19). The van der Waals surface area contributed by atoms with Crippen LogP contribution in [-0.2, 0) is 9.59 Å². The first-order chi connectivity index (χ1) is 9.58. The van der Waals surface area contributed by atoms with E-state index in [0.717, 1.165) is 12.2 Å². The van der Waals surface area contributed by atoms with Crippen LogP contribution in [0.4, 0.5) is 0 Å². The van der Waals surface area contributed by atoms with E-state index in [2.05, 4.69) is 12.2 Å². The molecule has 3 unspecified atom stereocenters. The summed E-state index contributed by atoms with van der Waals surface area (Å²) in [5.74, 6) is 1.15. The zero-order valence-corrected chi connectivity index (χ0v) is 12.8. The average Bonchev–Trinajstić information content (AvgIpc) is 2.41. The minimum absolute atomic E-state index is 0.0260. The lowest BCUT2D eigenvalue weighted by molar-refractivity contribution is -0.143. The van der Waals surface area contributed by atoms with Crippen molar-refractivity contribution < 1.29 is 14.7 Å². The van der Waals surface area contributed by atoms with E-state index in [1.807, 2.05) is 0 Å². The van der Waals surface area contributed by atoms with E-state index in [1.54, 1.807) is 16.7 Å². The van der Waals surface area contributed by atoms with Crippen molar-refractivity contribution in [2.24, 2.45) is 5.92 Å². The van der Waals surface area contributed by atoms with Gasteiger partial charge in [0.05, 0.1) is 6.54 Å². The molecule has 3 atom stereocenters. The molecule has 2 aliphatic rings. The molecule has 1 heterocycles.